The molecule has 5 heterocycles. The van der Waals surface area contributed by atoms with Crippen LogP contribution in [0.4, 0.5) is 25.0 Å². The maximum atomic E-state index is 15.2. The molecule has 68 heavy (non-hydrogen) atoms. The van der Waals surface area contributed by atoms with Crippen LogP contribution in [0.5, 0.6) is 0 Å². The molecule has 3 aliphatic heterocycles. The lowest BCUT2D eigenvalue weighted by Crippen LogP contribution is -2.50. The van der Waals surface area contributed by atoms with Crippen molar-refractivity contribution in [2.75, 3.05) is 42.9 Å². The molecule has 4 N–H and O–H groups in total. The number of amides is 5. The number of nitrogens with zero attached hydrogens (tertiary/aromatic N) is 5. The van der Waals surface area contributed by atoms with Crippen molar-refractivity contribution in [1.29, 1.82) is 0 Å². The van der Waals surface area contributed by atoms with Gasteiger partial charge in [0.25, 0.3) is 11.8 Å². The smallest absolute Gasteiger partial charge is 0.328 e. The van der Waals surface area contributed by atoms with E-state index in [4.69, 9.17) is 4.74 Å². The van der Waals surface area contributed by atoms with Crippen molar-refractivity contribution in [3.8, 4) is 22.5 Å². The number of rotatable bonds is 11. The van der Waals surface area contributed by atoms with Gasteiger partial charge < -0.3 is 25.0 Å². The molecule has 0 aliphatic carbocycles. The van der Waals surface area contributed by atoms with E-state index in [2.05, 4.69) is 54.8 Å². The van der Waals surface area contributed by atoms with Crippen LogP contribution in [0, 0.1) is 25.5 Å². The van der Waals surface area contributed by atoms with Crippen LogP contribution in [0.25, 0.3) is 33.5 Å². The Morgan fingerprint density at radius 2 is 1.59 bits per heavy atom. The molecule has 9 rings (SSSR count). The van der Waals surface area contributed by atoms with Gasteiger partial charge in [-0.1, -0.05) is 36.4 Å². The van der Waals surface area contributed by atoms with Gasteiger partial charge >= 0.3 is 6.03 Å². The fraction of sp³-hybridized carbons (Fsp3) is 0.346. The Bertz CT molecular complexity index is 2920. The Hall–Kier alpha value is -6.88. The predicted octanol–water partition coefficient (Wildman–Crippen LogP) is 8.40. The standard InChI is InChI=1S/C52H54F2N8O6/c1-30-5-8-34(23-45(30)62-22-17-46(63)59-51(62)66)50(65)61-20-15-38(16-21-61)68-37-13-18-60(19-14-37)28-32-6-9-33(10-7-32)44-27-41-47(55-29-56-48(41)57-44)40-25-36(53)26-43(31(40)2)58-49(64)39-12-11-35(24-42(39)54)52(3,4)67/h5-12,23-27,29,37-38,67H,13-22,28H2,1-4H3,(H,58,64)(H,55,56,57)(H,59,63,66). The number of urea groups is 1. The predicted molar refractivity (Wildman–Crippen MR) is 254 cm³/mol. The summed E-state index contributed by atoms with van der Waals surface area (Å²) in [6.45, 7) is 10.7. The first kappa shape index (κ1) is 46.2. The number of hydrogen-bond donors (Lipinski definition) is 4. The summed E-state index contributed by atoms with van der Waals surface area (Å²) in [6.07, 6.45) is 5.23. The Balaban J connectivity index is 0.777. The third-order valence-electron chi connectivity index (χ3n) is 13.3. The maximum absolute atomic E-state index is 15.2. The molecule has 3 saturated heterocycles. The van der Waals surface area contributed by atoms with Crippen LogP contribution >= 0.6 is 0 Å². The highest BCUT2D eigenvalue weighted by Gasteiger charge is 2.30. The molecule has 0 unspecified atom stereocenters. The number of benzene rings is 4. The largest absolute Gasteiger partial charge is 0.386 e. The molecular weight excluding hydrogens is 871 g/mol. The van der Waals surface area contributed by atoms with Gasteiger partial charge in [-0.05, 0) is 124 Å². The van der Waals surface area contributed by atoms with E-state index in [1.54, 1.807) is 19.1 Å². The van der Waals surface area contributed by atoms with Crippen LogP contribution in [-0.2, 0) is 21.7 Å². The van der Waals surface area contributed by atoms with E-state index in [1.165, 1.54) is 54.9 Å². The topological polar surface area (TPSA) is 173 Å². The number of anilines is 2. The molecule has 3 aliphatic rings. The first-order valence-corrected chi connectivity index (χ1v) is 23.0. The van der Waals surface area contributed by atoms with Crippen LogP contribution in [0.1, 0.15) is 88.9 Å². The van der Waals surface area contributed by atoms with Gasteiger partial charge in [0.05, 0.1) is 29.1 Å². The van der Waals surface area contributed by atoms with Crippen molar-refractivity contribution >= 4 is 46.2 Å². The number of hydrogen-bond acceptors (Lipinski definition) is 9. The van der Waals surface area contributed by atoms with Crippen LogP contribution in [-0.4, -0.2) is 98.5 Å². The molecule has 0 spiro atoms. The second kappa shape index (κ2) is 19.0. The normalized spacial score (nSPS) is 16.6. The first-order chi connectivity index (χ1) is 32.6. The second-order valence-corrected chi connectivity index (χ2v) is 18.6. The molecule has 6 aromatic rings. The van der Waals surface area contributed by atoms with E-state index in [0.717, 1.165) is 68.2 Å². The summed E-state index contributed by atoms with van der Waals surface area (Å²) in [5, 5.41) is 15.9. The fourth-order valence-corrected chi connectivity index (χ4v) is 9.36. The van der Waals surface area contributed by atoms with E-state index in [-0.39, 0.29) is 48.2 Å². The van der Waals surface area contributed by atoms with Crippen molar-refractivity contribution in [2.24, 2.45) is 0 Å². The average molecular weight is 925 g/mol. The Labute approximate surface area is 392 Å². The van der Waals surface area contributed by atoms with Gasteiger partial charge in [0.1, 0.15) is 23.6 Å². The molecule has 16 heteroatoms. The minimum Gasteiger partial charge on any atom is -0.386 e. The number of likely N-dealkylation sites (tertiary alicyclic amines) is 2. The molecular formula is C52H54F2N8O6. The maximum Gasteiger partial charge on any atom is 0.328 e. The van der Waals surface area contributed by atoms with Crippen molar-refractivity contribution in [2.45, 2.75) is 84.2 Å². The number of imide groups is 1. The van der Waals surface area contributed by atoms with Gasteiger partial charge in [0.2, 0.25) is 5.91 Å². The van der Waals surface area contributed by atoms with Gasteiger partial charge in [0, 0.05) is 79.3 Å². The number of aromatic nitrogens is 3. The highest BCUT2D eigenvalue weighted by molar-refractivity contribution is 6.07. The molecule has 0 saturated carbocycles. The molecule has 0 bridgehead atoms. The molecule has 5 amide bonds. The second-order valence-electron chi connectivity index (χ2n) is 18.6. The van der Waals surface area contributed by atoms with Gasteiger partial charge in [-0.3, -0.25) is 29.5 Å². The number of ether oxygens (including phenoxy) is 1. The lowest BCUT2D eigenvalue weighted by atomic mass is 9.96. The molecule has 352 valence electrons. The summed E-state index contributed by atoms with van der Waals surface area (Å²) < 4.78 is 36.8. The molecule has 2 aromatic heterocycles. The quantitative estimate of drug-likeness (QED) is 0.0996. The number of nitrogens with one attached hydrogen (secondary N) is 3. The third kappa shape index (κ3) is 9.89. The number of aryl methyl sites for hydroxylation is 1. The SMILES string of the molecule is Cc1ccc(C(=O)N2CCC(OC3CCN(Cc4ccc(-c5cc6c(-c7cc(F)cc(NC(=O)c8ccc(C(C)(C)O)cc8F)c7C)ncnc6[nH]5)cc4)CC3)CC2)cc1N1CCC(=O)NC1=O. The van der Waals surface area contributed by atoms with Crippen molar-refractivity contribution < 1.29 is 37.8 Å². The summed E-state index contributed by atoms with van der Waals surface area (Å²) >= 11 is 0. The highest BCUT2D eigenvalue weighted by atomic mass is 19.1. The molecule has 4 aromatic carbocycles. The Kier molecular flexibility index (Phi) is 12.9. The molecule has 0 atom stereocenters. The highest BCUT2D eigenvalue weighted by Crippen LogP contribution is 2.36. The molecule has 3 fully saturated rings. The van der Waals surface area contributed by atoms with E-state index in [9.17, 15) is 24.3 Å². The monoisotopic (exact) mass is 924 g/mol. The van der Waals surface area contributed by atoms with E-state index in [1.807, 2.05) is 24.0 Å². The van der Waals surface area contributed by atoms with E-state index < -0.39 is 29.2 Å². The lowest BCUT2D eigenvalue weighted by molar-refractivity contribution is -0.120. The number of aliphatic hydroxyl groups is 1. The summed E-state index contributed by atoms with van der Waals surface area (Å²) in [5.74, 6) is -2.55. The summed E-state index contributed by atoms with van der Waals surface area (Å²) in [6, 6.07) is 21.6. The number of piperidine rings is 2. The lowest BCUT2D eigenvalue weighted by Gasteiger charge is -2.37. The van der Waals surface area contributed by atoms with Crippen LogP contribution in [0.15, 0.2) is 85.2 Å². The van der Waals surface area contributed by atoms with Crippen molar-refractivity contribution in [3.05, 3.63) is 130 Å². The first-order valence-electron chi connectivity index (χ1n) is 23.0. The zero-order valence-electron chi connectivity index (χ0n) is 38.5. The number of fused-ring (bicyclic) bond motifs is 1. The molecule has 0 radical (unpaired) electrons. The van der Waals surface area contributed by atoms with Crippen LogP contribution in [0.3, 0.4) is 0 Å². The Morgan fingerprint density at radius 1 is 0.868 bits per heavy atom. The number of H-pyrrole nitrogens is 1. The van der Waals surface area contributed by atoms with Crippen molar-refractivity contribution in [3.63, 3.8) is 0 Å². The van der Waals surface area contributed by atoms with Crippen molar-refractivity contribution in [1.82, 2.24) is 30.1 Å². The van der Waals surface area contributed by atoms with E-state index >= 15 is 8.78 Å². The van der Waals surface area contributed by atoms with Gasteiger partial charge in [-0.25, -0.2) is 23.5 Å². The van der Waals surface area contributed by atoms with Gasteiger partial charge in [-0.2, -0.15) is 0 Å². The van der Waals surface area contributed by atoms with E-state index in [0.29, 0.717) is 57.8 Å². The van der Waals surface area contributed by atoms with Crippen LogP contribution in [0.2, 0.25) is 0 Å². The molecule has 14 nitrogen and oxygen atoms in total. The van der Waals surface area contributed by atoms with Crippen LogP contribution < -0.4 is 15.5 Å². The Morgan fingerprint density at radius 3 is 2.28 bits per heavy atom. The number of aromatic amines is 1. The number of halogens is 2. The fourth-order valence-electron chi connectivity index (χ4n) is 9.36. The summed E-state index contributed by atoms with van der Waals surface area (Å²) in [5.41, 5.74) is 5.89. The number of carbonyl (C=O) groups is 4. The minimum atomic E-state index is -1.29. The van der Waals surface area contributed by atoms with Gasteiger partial charge in [0.15, 0.2) is 0 Å². The number of carbonyl (C=O) groups excluding carboxylic acids is 4. The minimum absolute atomic E-state index is 0.0753. The summed E-state index contributed by atoms with van der Waals surface area (Å²) in [4.78, 5) is 69.1. The average Bonchev–Trinajstić information content (AvgIpc) is 3.76. The summed E-state index contributed by atoms with van der Waals surface area (Å²) in [7, 11) is 0. The van der Waals surface area contributed by atoms with Gasteiger partial charge in [-0.15, -0.1) is 0 Å². The zero-order valence-corrected chi connectivity index (χ0v) is 38.5. The zero-order chi connectivity index (χ0) is 47.9. The third-order valence-corrected chi connectivity index (χ3v) is 13.3.